The van der Waals surface area contributed by atoms with Crippen LogP contribution in [0.2, 0.25) is 0 Å². The third kappa shape index (κ3) is 5.04. The van der Waals surface area contributed by atoms with E-state index in [1.54, 1.807) is 0 Å². The third-order valence-electron chi connectivity index (χ3n) is 3.20. The van der Waals surface area contributed by atoms with Crippen LogP contribution in [-0.2, 0) is 4.74 Å². The highest BCUT2D eigenvalue weighted by Crippen LogP contribution is 2.36. The molecule has 0 bridgehead atoms. The minimum absolute atomic E-state index is 0.236. The van der Waals surface area contributed by atoms with Gasteiger partial charge in [0, 0.05) is 11.4 Å². The average molecular weight is 246 g/mol. The molecule has 0 saturated carbocycles. The van der Waals surface area contributed by atoms with Crippen molar-refractivity contribution in [1.29, 1.82) is 0 Å². The minimum atomic E-state index is 0.236. The maximum atomic E-state index is 5.41. The maximum absolute atomic E-state index is 5.41. The van der Waals surface area contributed by atoms with Crippen LogP contribution >= 0.6 is 11.9 Å². The van der Waals surface area contributed by atoms with Crippen LogP contribution in [0.1, 0.15) is 40.0 Å². The zero-order valence-corrected chi connectivity index (χ0v) is 11.7. The summed E-state index contributed by atoms with van der Waals surface area (Å²) >= 11 is 1.38. The van der Waals surface area contributed by atoms with Crippen LogP contribution in [0, 0.1) is 5.41 Å². The zero-order chi connectivity index (χ0) is 12.1. The molecule has 2 saturated heterocycles. The van der Waals surface area contributed by atoms with E-state index in [9.17, 15) is 0 Å². The molecule has 0 aromatic heterocycles. The smallest absolute Gasteiger partial charge is 0.0524 e. The van der Waals surface area contributed by atoms with Gasteiger partial charge in [0.05, 0.1) is 6.61 Å². The first-order valence-corrected chi connectivity index (χ1v) is 7.02. The summed E-state index contributed by atoms with van der Waals surface area (Å²) in [6.07, 6.45) is 3.95. The van der Waals surface area contributed by atoms with Gasteiger partial charge in [0.15, 0.2) is 0 Å². The second-order valence-corrected chi connectivity index (χ2v) is 7.24. The van der Waals surface area contributed by atoms with Gasteiger partial charge in [-0.05, 0) is 58.5 Å². The number of nitrogens with two attached hydrogens (primary N) is 1. The second kappa shape index (κ2) is 6.24. The molecule has 2 aliphatic rings. The highest BCUT2D eigenvalue weighted by molar-refractivity contribution is 7.98. The summed E-state index contributed by atoms with van der Waals surface area (Å²) < 4.78 is 5.65. The van der Waals surface area contributed by atoms with Crippen molar-refractivity contribution < 1.29 is 4.74 Å². The van der Waals surface area contributed by atoms with E-state index >= 15 is 0 Å². The second-order valence-electron chi connectivity index (χ2n) is 5.78. The Morgan fingerprint density at radius 1 is 1.19 bits per heavy atom. The van der Waals surface area contributed by atoms with Crippen molar-refractivity contribution in [2.24, 2.45) is 10.6 Å². The average Bonchev–Trinajstić information content (AvgIpc) is 2.67. The summed E-state index contributed by atoms with van der Waals surface area (Å²) in [5, 5.41) is 8.60. The van der Waals surface area contributed by atoms with Gasteiger partial charge in [-0.1, -0.05) is 11.9 Å². The molecule has 0 aromatic rings. The van der Waals surface area contributed by atoms with Crippen LogP contribution in [0.5, 0.6) is 0 Å². The van der Waals surface area contributed by atoms with E-state index in [0.717, 1.165) is 13.2 Å². The van der Waals surface area contributed by atoms with Crippen molar-refractivity contribution >= 4 is 11.9 Å². The van der Waals surface area contributed by atoms with Gasteiger partial charge in [0.25, 0.3) is 0 Å². The van der Waals surface area contributed by atoms with Crippen molar-refractivity contribution in [3.8, 4) is 0 Å². The quantitative estimate of drug-likeness (QED) is 0.643. The van der Waals surface area contributed by atoms with Crippen molar-refractivity contribution in [1.82, 2.24) is 5.32 Å². The van der Waals surface area contributed by atoms with E-state index in [1.807, 2.05) is 0 Å². The molecule has 1 spiro atoms. The molecule has 0 aromatic carbocycles. The van der Waals surface area contributed by atoms with Crippen LogP contribution in [0.4, 0.5) is 0 Å². The number of rotatable bonds is 0. The summed E-state index contributed by atoms with van der Waals surface area (Å²) in [5.74, 6) is 0. The van der Waals surface area contributed by atoms with Gasteiger partial charge in [-0.3, -0.25) is 5.14 Å². The summed E-state index contributed by atoms with van der Waals surface area (Å²) in [7, 11) is 0. The molecular formula is C12H26N2OS. The normalized spacial score (nSPS) is 24.0. The van der Waals surface area contributed by atoms with Gasteiger partial charge in [0.2, 0.25) is 0 Å². The van der Waals surface area contributed by atoms with Gasteiger partial charge in [0.1, 0.15) is 0 Å². The largest absolute Gasteiger partial charge is 0.381 e. The Labute approximate surface area is 104 Å². The van der Waals surface area contributed by atoms with Crippen LogP contribution in [-0.4, -0.2) is 31.1 Å². The lowest BCUT2D eigenvalue weighted by atomic mass is 9.79. The summed E-state index contributed by atoms with van der Waals surface area (Å²) in [4.78, 5) is 0. The number of hydrogen-bond acceptors (Lipinski definition) is 4. The number of hydrogen-bond donors (Lipinski definition) is 2. The summed E-state index contributed by atoms with van der Waals surface area (Å²) in [6.45, 7) is 10.7. The zero-order valence-electron chi connectivity index (χ0n) is 10.8. The Kier molecular flexibility index (Phi) is 5.57. The molecule has 0 radical (unpaired) electrons. The minimum Gasteiger partial charge on any atom is -0.381 e. The first-order valence-electron chi connectivity index (χ1n) is 6.14. The Balaban J connectivity index is 0.000000187. The van der Waals surface area contributed by atoms with E-state index in [0.29, 0.717) is 5.41 Å². The molecule has 0 atom stereocenters. The molecule has 2 fully saturated rings. The Morgan fingerprint density at radius 2 is 1.75 bits per heavy atom. The van der Waals surface area contributed by atoms with Gasteiger partial charge in [-0.2, -0.15) is 0 Å². The molecule has 0 unspecified atom stereocenters. The van der Waals surface area contributed by atoms with E-state index in [1.165, 1.54) is 44.3 Å². The fraction of sp³-hybridized carbons (Fsp3) is 1.00. The highest BCUT2D eigenvalue weighted by atomic mass is 32.2. The lowest BCUT2D eigenvalue weighted by molar-refractivity contribution is 0.128. The van der Waals surface area contributed by atoms with Crippen molar-refractivity contribution in [3.63, 3.8) is 0 Å². The maximum Gasteiger partial charge on any atom is 0.0524 e. The molecule has 0 aliphatic carbocycles. The first kappa shape index (κ1) is 14.3. The number of piperidine rings is 1. The monoisotopic (exact) mass is 246 g/mol. The lowest BCUT2D eigenvalue weighted by Gasteiger charge is -2.31. The van der Waals surface area contributed by atoms with E-state index < -0.39 is 0 Å². The molecular weight excluding hydrogens is 220 g/mol. The summed E-state index contributed by atoms with van der Waals surface area (Å²) in [6, 6.07) is 0. The van der Waals surface area contributed by atoms with E-state index in [4.69, 9.17) is 9.88 Å². The fourth-order valence-electron chi connectivity index (χ4n) is 2.00. The molecule has 3 N–H and O–H groups in total. The van der Waals surface area contributed by atoms with Crippen LogP contribution in [0.15, 0.2) is 0 Å². The lowest BCUT2D eigenvalue weighted by Crippen LogP contribution is -2.36. The molecule has 96 valence electrons. The summed E-state index contributed by atoms with van der Waals surface area (Å²) in [5.41, 5.74) is 0.589. The predicted molar refractivity (Wildman–Crippen MR) is 71.5 cm³/mol. The Morgan fingerprint density at radius 3 is 2.12 bits per heavy atom. The topological polar surface area (TPSA) is 47.3 Å². The Bertz CT molecular complexity index is 190. The van der Waals surface area contributed by atoms with E-state index in [2.05, 4.69) is 26.1 Å². The van der Waals surface area contributed by atoms with Crippen LogP contribution in [0.3, 0.4) is 0 Å². The fourth-order valence-corrected chi connectivity index (χ4v) is 2.00. The van der Waals surface area contributed by atoms with Gasteiger partial charge >= 0.3 is 0 Å². The first-order chi connectivity index (χ1) is 7.47. The molecule has 2 aliphatic heterocycles. The van der Waals surface area contributed by atoms with Crippen molar-refractivity contribution in [3.05, 3.63) is 0 Å². The number of ether oxygens (including phenoxy) is 1. The Hall–Kier alpha value is 0.230. The highest BCUT2D eigenvalue weighted by Gasteiger charge is 2.35. The van der Waals surface area contributed by atoms with Gasteiger partial charge in [-0.25, -0.2) is 0 Å². The van der Waals surface area contributed by atoms with Crippen LogP contribution in [0.25, 0.3) is 0 Å². The molecule has 16 heavy (non-hydrogen) atoms. The van der Waals surface area contributed by atoms with E-state index in [-0.39, 0.29) is 4.75 Å². The number of nitrogens with one attached hydrogen (secondary N) is 1. The SMILES string of the molecule is C1CC2(CCN1)CCOC2.CC(C)(C)SN. The third-order valence-corrected chi connectivity index (χ3v) is 3.91. The van der Waals surface area contributed by atoms with Crippen molar-refractivity contribution in [2.75, 3.05) is 26.3 Å². The van der Waals surface area contributed by atoms with Gasteiger partial charge < -0.3 is 10.1 Å². The predicted octanol–water partition coefficient (Wildman–Crippen LogP) is 2.17. The molecule has 0 amide bonds. The standard InChI is InChI=1S/C8H15NO.C4H11NS/c1-4-9-5-2-8(1)3-6-10-7-8;1-4(2,3)6-5/h9H,1-7H2;5H2,1-3H3. The van der Waals surface area contributed by atoms with Gasteiger partial charge in [-0.15, -0.1) is 0 Å². The molecule has 4 heteroatoms. The molecule has 2 rings (SSSR count). The van der Waals surface area contributed by atoms with Crippen LogP contribution < -0.4 is 10.5 Å². The molecule has 3 nitrogen and oxygen atoms in total. The molecule has 2 heterocycles. The van der Waals surface area contributed by atoms with Crippen molar-refractivity contribution in [2.45, 2.75) is 44.8 Å².